The van der Waals surface area contributed by atoms with E-state index in [4.69, 9.17) is 14.2 Å². The SMILES string of the molecule is C/C(=N\NC(=O)c1ccc(C[NH+]2CCOCC2)cc1)c1ccc2c(c1)OCCO2. The zero-order valence-electron chi connectivity index (χ0n) is 16.6. The lowest BCUT2D eigenvalue weighted by Gasteiger charge is -2.23. The van der Waals surface area contributed by atoms with Gasteiger partial charge in [0.1, 0.15) is 32.8 Å². The molecular weight excluding hydrogens is 370 g/mol. The first-order valence-electron chi connectivity index (χ1n) is 9.94. The van der Waals surface area contributed by atoms with Crippen LogP contribution >= 0.6 is 0 Å². The highest BCUT2D eigenvalue weighted by Crippen LogP contribution is 2.30. The van der Waals surface area contributed by atoms with E-state index in [1.165, 1.54) is 10.5 Å². The molecule has 2 heterocycles. The van der Waals surface area contributed by atoms with Gasteiger partial charge >= 0.3 is 0 Å². The Morgan fingerprint density at radius 3 is 2.41 bits per heavy atom. The second-order valence-electron chi connectivity index (χ2n) is 7.23. The number of benzene rings is 2. The van der Waals surface area contributed by atoms with E-state index >= 15 is 0 Å². The highest BCUT2D eigenvalue weighted by molar-refractivity contribution is 6.01. The summed E-state index contributed by atoms with van der Waals surface area (Å²) in [6, 6.07) is 13.4. The van der Waals surface area contributed by atoms with Gasteiger partial charge in [-0.15, -0.1) is 0 Å². The Morgan fingerprint density at radius 1 is 0.966 bits per heavy atom. The van der Waals surface area contributed by atoms with Crippen LogP contribution in [0.1, 0.15) is 28.4 Å². The van der Waals surface area contributed by atoms with Crippen molar-refractivity contribution in [3.05, 3.63) is 59.2 Å². The van der Waals surface area contributed by atoms with Gasteiger partial charge in [-0.05, 0) is 37.3 Å². The number of quaternary nitrogens is 1. The third-order valence-electron chi connectivity index (χ3n) is 5.16. The molecule has 0 saturated carbocycles. The van der Waals surface area contributed by atoms with Crippen LogP contribution < -0.4 is 19.8 Å². The summed E-state index contributed by atoms with van der Waals surface area (Å²) in [5, 5.41) is 4.24. The minimum absolute atomic E-state index is 0.229. The highest BCUT2D eigenvalue weighted by atomic mass is 16.6. The minimum atomic E-state index is -0.229. The molecule has 2 aliphatic heterocycles. The molecule has 7 heteroatoms. The summed E-state index contributed by atoms with van der Waals surface area (Å²) in [7, 11) is 0. The smallest absolute Gasteiger partial charge is 0.271 e. The van der Waals surface area contributed by atoms with E-state index in [2.05, 4.69) is 10.5 Å². The van der Waals surface area contributed by atoms with Crippen LogP contribution in [0.15, 0.2) is 47.6 Å². The van der Waals surface area contributed by atoms with Crippen LogP contribution in [-0.4, -0.2) is 51.1 Å². The summed E-state index contributed by atoms with van der Waals surface area (Å²) in [6.45, 7) is 7.57. The van der Waals surface area contributed by atoms with E-state index in [9.17, 15) is 4.79 Å². The van der Waals surface area contributed by atoms with Crippen molar-refractivity contribution in [2.45, 2.75) is 13.5 Å². The fraction of sp³-hybridized carbons (Fsp3) is 0.364. The summed E-state index contributed by atoms with van der Waals surface area (Å²) in [4.78, 5) is 13.9. The van der Waals surface area contributed by atoms with Crippen LogP contribution in [0.25, 0.3) is 0 Å². The standard InChI is InChI=1S/C22H25N3O4/c1-16(19-6-7-20-21(14-19)29-13-12-28-20)23-24-22(26)18-4-2-17(3-5-18)15-25-8-10-27-11-9-25/h2-7,14H,8-13,15H2,1H3,(H,24,26)/p+1/b23-16+. The second-order valence-corrected chi connectivity index (χ2v) is 7.23. The quantitative estimate of drug-likeness (QED) is 0.585. The number of nitrogens with one attached hydrogen (secondary N) is 2. The maximum absolute atomic E-state index is 12.4. The highest BCUT2D eigenvalue weighted by Gasteiger charge is 2.15. The molecule has 0 atom stereocenters. The predicted octanol–water partition coefficient (Wildman–Crippen LogP) is 1.03. The Kier molecular flexibility index (Phi) is 6.07. The van der Waals surface area contributed by atoms with Crippen LogP contribution in [0.2, 0.25) is 0 Å². The lowest BCUT2D eigenvalue weighted by Crippen LogP contribution is -3.12. The van der Waals surface area contributed by atoms with Gasteiger partial charge in [-0.1, -0.05) is 12.1 Å². The first kappa shape index (κ1) is 19.4. The molecule has 1 amide bonds. The molecule has 7 nitrogen and oxygen atoms in total. The number of hydrazone groups is 1. The fourth-order valence-corrected chi connectivity index (χ4v) is 3.43. The molecular formula is C22H26N3O4+. The Hall–Kier alpha value is -2.90. The molecule has 29 heavy (non-hydrogen) atoms. The summed E-state index contributed by atoms with van der Waals surface area (Å²) in [5.41, 5.74) is 6.01. The van der Waals surface area contributed by atoms with Gasteiger partial charge < -0.3 is 19.1 Å². The van der Waals surface area contributed by atoms with E-state index in [1.807, 2.05) is 49.4 Å². The first-order valence-corrected chi connectivity index (χ1v) is 9.94. The third kappa shape index (κ3) is 4.93. The predicted molar refractivity (Wildman–Crippen MR) is 109 cm³/mol. The number of fused-ring (bicyclic) bond motifs is 1. The van der Waals surface area contributed by atoms with E-state index in [1.54, 1.807) is 0 Å². The van der Waals surface area contributed by atoms with E-state index < -0.39 is 0 Å². The van der Waals surface area contributed by atoms with Crippen LogP contribution in [-0.2, 0) is 11.3 Å². The number of rotatable bonds is 5. The van der Waals surface area contributed by atoms with Gasteiger partial charge in [-0.2, -0.15) is 5.10 Å². The number of nitrogens with zero attached hydrogens (tertiary/aromatic N) is 1. The Morgan fingerprint density at radius 2 is 1.66 bits per heavy atom. The maximum atomic E-state index is 12.4. The molecule has 2 aromatic carbocycles. The number of hydrogen-bond donors (Lipinski definition) is 2. The van der Waals surface area contributed by atoms with Gasteiger partial charge in [0.2, 0.25) is 0 Å². The average molecular weight is 396 g/mol. The summed E-state index contributed by atoms with van der Waals surface area (Å²) in [6.07, 6.45) is 0. The molecule has 0 aliphatic carbocycles. The Bertz CT molecular complexity index is 889. The molecule has 1 fully saturated rings. The zero-order chi connectivity index (χ0) is 20.1. The molecule has 2 aliphatic rings. The molecule has 0 radical (unpaired) electrons. The molecule has 2 N–H and O–H groups in total. The summed E-state index contributed by atoms with van der Waals surface area (Å²) in [5.74, 6) is 1.20. The van der Waals surface area contributed by atoms with Crippen molar-refractivity contribution in [2.75, 3.05) is 39.5 Å². The zero-order valence-corrected chi connectivity index (χ0v) is 16.6. The van der Waals surface area contributed by atoms with Crippen LogP contribution in [0.4, 0.5) is 0 Å². The minimum Gasteiger partial charge on any atom is -0.486 e. The van der Waals surface area contributed by atoms with Crippen molar-refractivity contribution in [1.82, 2.24) is 5.43 Å². The molecule has 0 spiro atoms. The Balaban J connectivity index is 1.36. The molecule has 152 valence electrons. The van der Waals surface area contributed by atoms with E-state index in [0.717, 1.165) is 44.2 Å². The fourth-order valence-electron chi connectivity index (χ4n) is 3.43. The van der Waals surface area contributed by atoms with Crippen molar-refractivity contribution >= 4 is 11.6 Å². The van der Waals surface area contributed by atoms with Crippen LogP contribution in [0.3, 0.4) is 0 Å². The Labute approximate surface area is 170 Å². The lowest BCUT2D eigenvalue weighted by atomic mass is 10.1. The van der Waals surface area contributed by atoms with Crippen molar-refractivity contribution in [3.63, 3.8) is 0 Å². The molecule has 2 aromatic rings. The average Bonchev–Trinajstić information content (AvgIpc) is 2.78. The van der Waals surface area contributed by atoms with Crippen molar-refractivity contribution < 1.29 is 23.9 Å². The van der Waals surface area contributed by atoms with Gasteiger partial charge in [0, 0.05) is 16.7 Å². The van der Waals surface area contributed by atoms with Crippen molar-refractivity contribution in [1.29, 1.82) is 0 Å². The van der Waals surface area contributed by atoms with Gasteiger partial charge in [-0.3, -0.25) is 4.79 Å². The topological polar surface area (TPSA) is 73.6 Å². The monoisotopic (exact) mass is 396 g/mol. The maximum Gasteiger partial charge on any atom is 0.271 e. The normalized spacial score (nSPS) is 17.1. The number of amides is 1. The van der Waals surface area contributed by atoms with Crippen molar-refractivity contribution in [3.8, 4) is 11.5 Å². The number of hydrogen-bond acceptors (Lipinski definition) is 5. The van der Waals surface area contributed by atoms with Gasteiger partial charge in [0.15, 0.2) is 11.5 Å². The van der Waals surface area contributed by atoms with Gasteiger partial charge in [0.05, 0.1) is 18.9 Å². The largest absolute Gasteiger partial charge is 0.486 e. The first-order chi connectivity index (χ1) is 14.2. The molecule has 0 bridgehead atoms. The molecule has 4 rings (SSSR count). The lowest BCUT2D eigenvalue weighted by molar-refractivity contribution is -0.921. The van der Waals surface area contributed by atoms with Gasteiger partial charge in [-0.25, -0.2) is 5.43 Å². The third-order valence-corrected chi connectivity index (χ3v) is 5.16. The molecule has 0 aromatic heterocycles. The number of morpholine rings is 1. The van der Waals surface area contributed by atoms with Crippen LogP contribution in [0.5, 0.6) is 11.5 Å². The molecule has 1 saturated heterocycles. The number of carbonyl (C=O) groups is 1. The van der Waals surface area contributed by atoms with E-state index in [0.29, 0.717) is 30.2 Å². The van der Waals surface area contributed by atoms with E-state index in [-0.39, 0.29) is 5.91 Å². The van der Waals surface area contributed by atoms with Crippen molar-refractivity contribution in [2.24, 2.45) is 5.10 Å². The summed E-state index contributed by atoms with van der Waals surface area (Å²) >= 11 is 0. The summed E-state index contributed by atoms with van der Waals surface area (Å²) < 4.78 is 16.5. The van der Waals surface area contributed by atoms with Gasteiger partial charge in [0.25, 0.3) is 5.91 Å². The molecule has 0 unspecified atom stereocenters. The number of ether oxygens (including phenoxy) is 3. The second kappa shape index (κ2) is 9.07. The van der Waals surface area contributed by atoms with Crippen LogP contribution in [0, 0.1) is 0 Å². The number of carbonyl (C=O) groups excluding carboxylic acids is 1.